The fourth-order valence-electron chi connectivity index (χ4n) is 8.62. The molecule has 1 atom stereocenters. The molecule has 0 aliphatic carbocycles. The number of carbonyl (C=O) groups excluding carboxylic acids is 3. The van der Waals surface area contributed by atoms with Crippen LogP contribution in [0.5, 0.6) is 0 Å². The molecule has 0 spiro atoms. The molecule has 0 rings (SSSR count). The minimum atomic E-state index is -0.804. The highest BCUT2D eigenvalue weighted by atomic mass is 16.6. The Morgan fingerprint density at radius 2 is 0.481 bits per heavy atom. The fraction of sp³-hybridized carbons (Fsp3) is 0.613. The largest absolute Gasteiger partial charge is 0.462 e. The molecule has 0 aromatic rings. The Labute approximate surface area is 499 Å². The van der Waals surface area contributed by atoms with Crippen LogP contribution in [-0.4, -0.2) is 37.2 Å². The van der Waals surface area contributed by atoms with E-state index < -0.39 is 6.10 Å². The molecule has 0 N–H and O–H groups in total. The van der Waals surface area contributed by atoms with E-state index in [0.29, 0.717) is 19.3 Å². The Morgan fingerprint density at radius 3 is 0.753 bits per heavy atom. The van der Waals surface area contributed by atoms with Crippen LogP contribution < -0.4 is 0 Å². The summed E-state index contributed by atoms with van der Waals surface area (Å²) in [7, 11) is 0. The first-order valence-electron chi connectivity index (χ1n) is 33.0. The van der Waals surface area contributed by atoms with Gasteiger partial charge in [-0.05, 0) is 148 Å². The zero-order chi connectivity index (χ0) is 58.5. The van der Waals surface area contributed by atoms with Crippen molar-refractivity contribution in [3.05, 3.63) is 158 Å². The molecule has 0 aliphatic heterocycles. The van der Waals surface area contributed by atoms with Gasteiger partial charge in [0.2, 0.25) is 0 Å². The van der Waals surface area contributed by atoms with Gasteiger partial charge in [0.05, 0.1) is 0 Å². The summed E-state index contributed by atoms with van der Waals surface area (Å²) in [6.07, 6.45) is 98.2. The first kappa shape index (κ1) is 76.0. The van der Waals surface area contributed by atoms with E-state index in [4.69, 9.17) is 14.2 Å². The van der Waals surface area contributed by atoms with Crippen LogP contribution in [0.15, 0.2) is 158 Å². The number of rotatable bonds is 58. The van der Waals surface area contributed by atoms with Crippen molar-refractivity contribution in [2.24, 2.45) is 0 Å². The summed E-state index contributed by atoms with van der Waals surface area (Å²) in [6, 6.07) is 0. The lowest BCUT2D eigenvalue weighted by Gasteiger charge is -2.18. The number of ether oxygens (including phenoxy) is 3. The average Bonchev–Trinajstić information content (AvgIpc) is 3.47. The van der Waals surface area contributed by atoms with Gasteiger partial charge in [0, 0.05) is 19.3 Å². The van der Waals surface area contributed by atoms with E-state index in [2.05, 4.69) is 179 Å². The van der Waals surface area contributed by atoms with Gasteiger partial charge in [0.25, 0.3) is 0 Å². The first-order chi connectivity index (χ1) is 40.0. The van der Waals surface area contributed by atoms with E-state index in [1.807, 2.05) is 0 Å². The maximum Gasteiger partial charge on any atom is 0.306 e. The summed E-state index contributed by atoms with van der Waals surface area (Å²) < 4.78 is 16.9. The van der Waals surface area contributed by atoms with E-state index in [1.54, 1.807) is 0 Å². The molecule has 0 amide bonds. The van der Waals surface area contributed by atoms with Crippen molar-refractivity contribution in [3.8, 4) is 0 Å². The molecule has 456 valence electrons. The summed E-state index contributed by atoms with van der Waals surface area (Å²) in [5.74, 6) is -0.939. The molecule has 0 heterocycles. The lowest BCUT2D eigenvalue weighted by atomic mass is 10.1. The number of unbranched alkanes of at least 4 members (excludes halogenated alkanes) is 21. The van der Waals surface area contributed by atoms with Gasteiger partial charge in [0.15, 0.2) is 6.10 Å². The average molecular weight is 1120 g/mol. The molecule has 6 nitrogen and oxygen atoms in total. The Bertz CT molecular complexity index is 1810. The molecule has 0 aliphatic rings. The van der Waals surface area contributed by atoms with E-state index in [0.717, 1.165) is 180 Å². The zero-order valence-electron chi connectivity index (χ0n) is 52.2. The quantitative estimate of drug-likeness (QED) is 0.0261. The highest BCUT2D eigenvalue weighted by Gasteiger charge is 2.19. The maximum atomic E-state index is 12.9. The predicted octanol–water partition coefficient (Wildman–Crippen LogP) is 22.9. The fourth-order valence-corrected chi connectivity index (χ4v) is 8.62. The molecule has 6 heteroatoms. The molecular formula is C75H120O6. The van der Waals surface area contributed by atoms with E-state index in [-0.39, 0.29) is 31.1 Å². The van der Waals surface area contributed by atoms with Gasteiger partial charge in [-0.3, -0.25) is 14.4 Å². The van der Waals surface area contributed by atoms with Crippen LogP contribution in [0.4, 0.5) is 0 Å². The second-order valence-electron chi connectivity index (χ2n) is 21.3. The summed E-state index contributed by atoms with van der Waals surface area (Å²) in [5, 5.41) is 0. The molecule has 0 saturated carbocycles. The number of hydrogen-bond acceptors (Lipinski definition) is 6. The van der Waals surface area contributed by atoms with Crippen LogP contribution in [0, 0.1) is 0 Å². The van der Waals surface area contributed by atoms with Gasteiger partial charge in [-0.2, -0.15) is 0 Å². The van der Waals surface area contributed by atoms with Crippen molar-refractivity contribution >= 4 is 17.9 Å². The van der Waals surface area contributed by atoms with Crippen molar-refractivity contribution in [2.75, 3.05) is 13.2 Å². The Morgan fingerprint density at radius 1 is 0.259 bits per heavy atom. The zero-order valence-corrected chi connectivity index (χ0v) is 52.2. The predicted molar refractivity (Wildman–Crippen MR) is 352 cm³/mol. The lowest BCUT2D eigenvalue weighted by Crippen LogP contribution is -2.30. The smallest absolute Gasteiger partial charge is 0.306 e. The van der Waals surface area contributed by atoms with Crippen molar-refractivity contribution in [2.45, 2.75) is 284 Å². The van der Waals surface area contributed by atoms with Crippen LogP contribution >= 0.6 is 0 Å². The minimum Gasteiger partial charge on any atom is -0.462 e. The highest BCUT2D eigenvalue weighted by Crippen LogP contribution is 2.14. The SMILES string of the molecule is CC/C=C\C/C=C\C/C=C\C/C=C\C/C=C\C/C=C\C/C=C\C/C=C\CCCCCCCCCCC(=O)OCC(COC(=O)CCCCCCC/C=C\C/C=C\CCCCC)OC(=O)CCCCCCC/C=C\C/C=C\C/C=C\CC. The van der Waals surface area contributed by atoms with Gasteiger partial charge in [0.1, 0.15) is 13.2 Å². The number of carbonyl (C=O) groups is 3. The van der Waals surface area contributed by atoms with Crippen LogP contribution in [0.2, 0.25) is 0 Å². The van der Waals surface area contributed by atoms with Crippen LogP contribution in [-0.2, 0) is 28.6 Å². The Hall–Kier alpha value is -4.97. The molecule has 0 radical (unpaired) electrons. The Balaban J connectivity index is 4.33. The summed E-state index contributed by atoms with van der Waals surface area (Å²) in [5.41, 5.74) is 0. The highest BCUT2D eigenvalue weighted by molar-refractivity contribution is 5.71. The molecule has 0 saturated heterocycles. The second-order valence-corrected chi connectivity index (χ2v) is 21.3. The van der Waals surface area contributed by atoms with Crippen molar-refractivity contribution in [1.82, 2.24) is 0 Å². The summed E-state index contributed by atoms with van der Waals surface area (Å²) >= 11 is 0. The third-order valence-electron chi connectivity index (χ3n) is 13.5. The van der Waals surface area contributed by atoms with Gasteiger partial charge in [-0.25, -0.2) is 0 Å². The van der Waals surface area contributed by atoms with Crippen molar-refractivity contribution in [1.29, 1.82) is 0 Å². The molecule has 81 heavy (non-hydrogen) atoms. The molecule has 0 aromatic heterocycles. The monoisotopic (exact) mass is 1120 g/mol. The first-order valence-corrected chi connectivity index (χ1v) is 33.0. The summed E-state index contributed by atoms with van der Waals surface area (Å²) in [6.45, 7) is 6.35. The molecule has 0 bridgehead atoms. The van der Waals surface area contributed by atoms with E-state index in [9.17, 15) is 14.4 Å². The lowest BCUT2D eigenvalue weighted by molar-refractivity contribution is -0.167. The maximum absolute atomic E-state index is 12.9. The molecular weight excluding hydrogens is 997 g/mol. The minimum absolute atomic E-state index is 0.0995. The van der Waals surface area contributed by atoms with E-state index >= 15 is 0 Å². The van der Waals surface area contributed by atoms with E-state index in [1.165, 1.54) is 57.8 Å². The summed E-state index contributed by atoms with van der Waals surface area (Å²) in [4.78, 5) is 38.3. The van der Waals surface area contributed by atoms with Crippen LogP contribution in [0.3, 0.4) is 0 Å². The third kappa shape index (κ3) is 65.7. The third-order valence-corrected chi connectivity index (χ3v) is 13.5. The van der Waals surface area contributed by atoms with Gasteiger partial charge < -0.3 is 14.2 Å². The van der Waals surface area contributed by atoms with Crippen molar-refractivity contribution < 1.29 is 28.6 Å². The van der Waals surface area contributed by atoms with Gasteiger partial charge in [-0.15, -0.1) is 0 Å². The normalized spacial score (nSPS) is 13.2. The Kier molecular flexibility index (Phi) is 63.4. The van der Waals surface area contributed by atoms with Gasteiger partial charge >= 0.3 is 17.9 Å². The van der Waals surface area contributed by atoms with Crippen molar-refractivity contribution in [3.63, 3.8) is 0 Å². The number of allylic oxidation sites excluding steroid dienone is 26. The topological polar surface area (TPSA) is 78.9 Å². The number of hydrogen-bond donors (Lipinski definition) is 0. The molecule has 1 unspecified atom stereocenters. The van der Waals surface area contributed by atoms with Crippen LogP contribution in [0.1, 0.15) is 278 Å². The van der Waals surface area contributed by atoms with Crippen LogP contribution in [0.25, 0.3) is 0 Å². The molecule has 0 fully saturated rings. The standard InChI is InChI=1S/C75H120O6/c1-4-7-10-13-16-19-22-25-28-29-30-31-32-33-34-35-36-37-38-39-40-41-42-43-44-45-48-50-53-56-59-62-65-68-74(77)80-71-72(81-75(78)69-66-63-60-57-54-51-47-27-24-21-18-15-12-9-6-3)70-79-73(76)67-64-61-58-55-52-49-46-26-23-20-17-14-11-8-5-2/h7,9-10,12,16-21,25-28,30-31,33-34,36-37,39-40,42-43,46-47,72H,4-6,8,11,13-15,22-24,29,32,35,38,41,44-45,48-71H2,1-3H3/b10-7-,12-9-,19-16-,20-17-,21-18-,28-25-,31-30-,34-33-,37-36-,40-39-,43-42-,46-26-,47-27-. The van der Waals surface area contributed by atoms with Gasteiger partial charge in [-0.1, -0.05) is 269 Å². The second kappa shape index (κ2) is 67.5. The number of esters is 3. The molecule has 0 aromatic carbocycles.